The van der Waals surface area contributed by atoms with Gasteiger partial charge < -0.3 is 15.8 Å². The van der Waals surface area contributed by atoms with E-state index in [9.17, 15) is 24.0 Å². The fraction of sp³-hybridized carbons (Fsp3) is 0.231. The van der Waals surface area contributed by atoms with Gasteiger partial charge in [0.15, 0.2) is 0 Å². The molecule has 2 amide bonds. The molecule has 10 heteroatoms. The normalized spacial score (nSPS) is 19.2. The zero-order valence-electron chi connectivity index (χ0n) is 19.8. The highest BCUT2D eigenvalue weighted by molar-refractivity contribution is 8.04. The van der Waals surface area contributed by atoms with E-state index in [1.165, 1.54) is 25.3 Å². The van der Waals surface area contributed by atoms with Crippen molar-refractivity contribution >= 4 is 35.2 Å². The van der Waals surface area contributed by atoms with Crippen LogP contribution in [0.2, 0.25) is 0 Å². The number of thioether (sulfide) groups is 1. The number of hydrogen-bond acceptors (Lipinski definition) is 7. The van der Waals surface area contributed by atoms with Gasteiger partial charge in [0.2, 0.25) is 5.91 Å². The predicted octanol–water partition coefficient (Wildman–Crippen LogP) is 3.59. The highest BCUT2D eigenvalue weighted by Crippen LogP contribution is 2.50. The molecule has 0 spiro atoms. The van der Waals surface area contributed by atoms with Gasteiger partial charge >= 0.3 is 5.97 Å². The number of hydrogen-bond donors (Lipinski definition) is 2. The van der Waals surface area contributed by atoms with E-state index in [1.54, 1.807) is 18.2 Å². The fourth-order valence-corrected chi connectivity index (χ4v) is 5.51. The molecule has 0 bridgehead atoms. The highest BCUT2D eigenvalue weighted by Gasteiger charge is 2.48. The number of ether oxygens (including phenoxy) is 1. The molecule has 1 saturated heterocycles. The summed E-state index contributed by atoms with van der Waals surface area (Å²) < 4.78 is 18.9. The number of rotatable bonds is 5. The quantitative estimate of drug-likeness (QED) is 0.594. The molecule has 2 aromatic rings. The number of nitrogens with two attached hydrogens (primary N) is 1. The summed E-state index contributed by atoms with van der Waals surface area (Å²) in [6.45, 7) is 3.85. The molecule has 4 rings (SSSR count). The molecule has 2 atom stereocenters. The van der Waals surface area contributed by atoms with Gasteiger partial charge in [0, 0.05) is 5.69 Å². The van der Waals surface area contributed by atoms with E-state index in [0.717, 1.165) is 27.8 Å². The van der Waals surface area contributed by atoms with Gasteiger partial charge in [-0.25, -0.2) is 4.39 Å². The van der Waals surface area contributed by atoms with Crippen LogP contribution in [-0.4, -0.2) is 35.0 Å². The SMILES string of the molecule is COC(=O)C[C@@H]1SC2=C(C(=O)Nc3ccc(C)c(C)c3)[C@@H](c3cccc(F)c3)C(C#N)=C(N)N2C1=O. The molecule has 2 aromatic carbocycles. The number of nitrogens with zero attached hydrogens (tertiary/aromatic N) is 2. The number of benzene rings is 2. The molecule has 3 N–H and O–H groups in total. The number of carbonyl (C=O) groups excluding carboxylic acids is 3. The molecule has 2 aliphatic heterocycles. The number of amides is 2. The monoisotopic (exact) mass is 506 g/mol. The molecule has 2 heterocycles. The molecule has 0 aromatic heterocycles. The van der Waals surface area contributed by atoms with Crippen molar-refractivity contribution in [2.45, 2.75) is 31.4 Å². The van der Waals surface area contributed by atoms with Crippen LogP contribution < -0.4 is 11.1 Å². The number of carbonyl (C=O) groups is 3. The van der Waals surface area contributed by atoms with E-state index < -0.39 is 34.8 Å². The molecule has 184 valence electrons. The van der Waals surface area contributed by atoms with Crippen molar-refractivity contribution in [1.82, 2.24) is 4.90 Å². The van der Waals surface area contributed by atoms with Gasteiger partial charge in [-0.2, -0.15) is 5.26 Å². The number of esters is 1. The van der Waals surface area contributed by atoms with Crippen molar-refractivity contribution in [3.63, 3.8) is 0 Å². The minimum absolute atomic E-state index is 0.0651. The Balaban J connectivity index is 1.88. The lowest BCUT2D eigenvalue weighted by molar-refractivity contribution is -0.142. The van der Waals surface area contributed by atoms with Crippen LogP contribution in [0.4, 0.5) is 10.1 Å². The van der Waals surface area contributed by atoms with Crippen molar-refractivity contribution in [3.8, 4) is 6.07 Å². The van der Waals surface area contributed by atoms with Crippen LogP contribution in [0.1, 0.15) is 29.0 Å². The Kier molecular flexibility index (Phi) is 6.86. The maximum Gasteiger partial charge on any atom is 0.307 e. The van der Waals surface area contributed by atoms with E-state index in [1.807, 2.05) is 26.0 Å². The fourth-order valence-electron chi connectivity index (χ4n) is 4.18. The average molecular weight is 507 g/mol. The van der Waals surface area contributed by atoms with Crippen LogP contribution in [0.3, 0.4) is 0 Å². The number of nitrogens with one attached hydrogen (secondary N) is 1. The molecule has 0 unspecified atom stereocenters. The van der Waals surface area contributed by atoms with Crippen LogP contribution in [0, 0.1) is 31.0 Å². The maximum atomic E-state index is 14.2. The van der Waals surface area contributed by atoms with E-state index >= 15 is 0 Å². The summed E-state index contributed by atoms with van der Waals surface area (Å²) >= 11 is 0.995. The Morgan fingerprint density at radius 2 is 1.97 bits per heavy atom. The molecule has 0 saturated carbocycles. The number of nitriles is 1. The number of anilines is 1. The number of fused-ring (bicyclic) bond motifs is 1. The van der Waals surface area contributed by atoms with Crippen molar-refractivity contribution in [1.29, 1.82) is 5.26 Å². The lowest BCUT2D eigenvalue weighted by Gasteiger charge is -2.32. The van der Waals surface area contributed by atoms with Gasteiger partial charge in [-0.15, -0.1) is 0 Å². The van der Waals surface area contributed by atoms with Crippen molar-refractivity contribution in [2.24, 2.45) is 5.73 Å². The summed E-state index contributed by atoms with van der Waals surface area (Å²) in [5, 5.41) is 12.2. The number of halogens is 1. The van der Waals surface area contributed by atoms with Crippen LogP contribution >= 0.6 is 11.8 Å². The van der Waals surface area contributed by atoms with E-state index in [0.29, 0.717) is 11.3 Å². The third-order valence-corrected chi connectivity index (χ3v) is 7.45. The standard InChI is InChI=1S/C26H23FN4O4S/c1-13-7-8-17(9-14(13)2)30-24(33)22-21(15-5-4-6-16(27)10-15)18(12-28)23(29)31-25(34)19(36-26(22)31)11-20(32)35-3/h4-10,19,21H,11,29H2,1-3H3,(H,30,33)/t19-,21-/m0/s1. The molecule has 36 heavy (non-hydrogen) atoms. The molecule has 1 fully saturated rings. The molecule has 8 nitrogen and oxygen atoms in total. The summed E-state index contributed by atoms with van der Waals surface area (Å²) in [5.41, 5.74) is 9.13. The van der Waals surface area contributed by atoms with Crippen LogP contribution in [0.15, 0.2) is 64.5 Å². The molecule has 0 aliphatic carbocycles. The molecular weight excluding hydrogens is 483 g/mol. The van der Waals surface area contributed by atoms with Crippen molar-refractivity contribution < 1.29 is 23.5 Å². The summed E-state index contributed by atoms with van der Waals surface area (Å²) in [6, 6.07) is 12.9. The smallest absolute Gasteiger partial charge is 0.307 e. The van der Waals surface area contributed by atoms with Gasteiger partial charge in [-0.1, -0.05) is 30.0 Å². The van der Waals surface area contributed by atoms with E-state index in [-0.39, 0.29) is 28.4 Å². The first kappa shape index (κ1) is 25.0. The van der Waals surface area contributed by atoms with Gasteiger partial charge in [-0.3, -0.25) is 19.3 Å². The topological polar surface area (TPSA) is 126 Å². The second-order valence-electron chi connectivity index (χ2n) is 8.43. The summed E-state index contributed by atoms with van der Waals surface area (Å²) in [4.78, 5) is 40.0. The Hall–Kier alpha value is -4.10. The highest BCUT2D eigenvalue weighted by atomic mass is 32.2. The average Bonchev–Trinajstić information content (AvgIpc) is 3.16. The largest absolute Gasteiger partial charge is 0.469 e. The molecular formula is C26H23FN4O4S. The van der Waals surface area contributed by atoms with Gasteiger partial charge in [0.1, 0.15) is 16.9 Å². The zero-order valence-corrected chi connectivity index (χ0v) is 20.6. The second-order valence-corrected chi connectivity index (χ2v) is 9.62. The number of aryl methyl sites for hydroxylation is 2. The van der Waals surface area contributed by atoms with Gasteiger partial charge in [-0.05, 0) is 54.8 Å². The summed E-state index contributed by atoms with van der Waals surface area (Å²) in [6.07, 6.45) is -0.244. The third kappa shape index (κ3) is 4.45. The van der Waals surface area contributed by atoms with E-state index in [2.05, 4.69) is 5.32 Å². The zero-order chi connectivity index (χ0) is 26.1. The van der Waals surface area contributed by atoms with Crippen LogP contribution in [0.5, 0.6) is 0 Å². The van der Waals surface area contributed by atoms with E-state index in [4.69, 9.17) is 10.5 Å². The molecule has 2 aliphatic rings. The van der Waals surface area contributed by atoms with Gasteiger partial charge in [0.05, 0.1) is 41.7 Å². The second kappa shape index (κ2) is 9.87. The van der Waals surface area contributed by atoms with Crippen molar-refractivity contribution in [2.75, 3.05) is 12.4 Å². The first-order chi connectivity index (χ1) is 17.2. The first-order valence-electron chi connectivity index (χ1n) is 11.0. The Bertz CT molecular complexity index is 1390. The third-order valence-electron chi connectivity index (χ3n) is 6.17. The van der Waals surface area contributed by atoms with Crippen molar-refractivity contribution in [3.05, 3.63) is 87.0 Å². The lowest BCUT2D eigenvalue weighted by atomic mass is 9.82. The Morgan fingerprint density at radius 1 is 1.22 bits per heavy atom. The van der Waals surface area contributed by atoms with Crippen LogP contribution in [0.25, 0.3) is 0 Å². The minimum atomic E-state index is -1.03. The predicted molar refractivity (Wildman–Crippen MR) is 132 cm³/mol. The number of methoxy groups -OCH3 is 1. The Labute approximate surface area is 211 Å². The maximum absolute atomic E-state index is 14.2. The minimum Gasteiger partial charge on any atom is -0.469 e. The lowest BCUT2D eigenvalue weighted by Crippen LogP contribution is -2.39. The van der Waals surface area contributed by atoms with Gasteiger partial charge in [0.25, 0.3) is 5.91 Å². The Morgan fingerprint density at radius 3 is 2.61 bits per heavy atom. The number of allylic oxidation sites excluding steroid dienone is 1. The first-order valence-corrected chi connectivity index (χ1v) is 11.9. The van der Waals surface area contributed by atoms with Crippen LogP contribution in [-0.2, 0) is 19.1 Å². The summed E-state index contributed by atoms with van der Waals surface area (Å²) in [7, 11) is 1.21. The summed E-state index contributed by atoms with van der Waals surface area (Å²) in [5.74, 6) is -3.46. The molecule has 0 radical (unpaired) electrons.